The summed E-state index contributed by atoms with van der Waals surface area (Å²) in [7, 11) is -4.47. The van der Waals surface area contributed by atoms with Crippen molar-refractivity contribution in [3.05, 3.63) is 54.1 Å². The van der Waals surface area contributed by atoms with Gasteiger partial charge in [0.25, 0.3) is 10.1 Å². The first-order chi connectivity index (χ1) is 15.6. The van der Waals surface area contributed by atoms with Gasteiger partial charge in [-0.15, -0.1) is 0 Å². The van der Waals surface area contributed by atoms with E-state index in [2.05, 4.69) is 10.6 Å². The standard InChI is InChI=1S/C22H24N2O8S/c1-14-20(33(28,29)30)11-15-10-17(4-7-19(15)22(14)27)24-13-32-18-5-2-16(3-6-18)23-12-31-9-8-21(25)26/h2-7,10-11,23-24,27H,8-9,12-13H2,1H3,(H,25,26)(H,28,29,30). The average molecular weight is 477 g/mol. The van der Waals surface area contributed by atoms with E-state index >= 15 is 0 Å². The first-order valence-corrected chi connectivity index (χ1v) is 11.3. The molecule has 0 heterocycles. The third kappa shape index (κ3) is 6.48. The van der Waals surface area contributed by atoms with Crippen molar-refractivity contribution in [2.75, 3.05) is 30.7 Å². The molecular formula is C22H24N2O8S. The second kappa shape index (κ2) is 10.4. The molecule has 5 N–H and O–H groups in total. The Kier molecular flexibility index (Phi) is 7.59. The maximum Gasteiger partial charge on any atom is 0.305 e. The van der Waals surface area contributed by atoms with Crippen molar-refractivity contribution >= 4 is 38.2 Å². The molecule has 10 nitrogen and oxygen atoms in total. The number of phenolic OH excluding ortho intramolecular Hbond substituents is 1. The molecule has 0 atom stereocenters. The number of carbonyl (C=O) groups is 1. The van der Waals surface area contributed by atoms with Gasteiger partial charge in [-0.25, -0.2) is 0 Å². The molecule has 0 saturated carbocycles. The summed E-state index contributed by atoms with van der Waals surface area (Å²) in [6.07, 6.45) is -0.0544. The molecule has 0 amide bonds. The van der Waals surface area contributed by atoms with Crippen LogP contribution in [0.1, 0.15) is 12.0 Å². The Bertz CT molecular complexity index is 1240. The van der Waals surface area contributed by atoms with Crippen LogP contribution >= 0.6 is 0 Å². The lowest BCUT2D eigenvalue weighted by atomic mass is 10.1. The summed E-state index contributed by atoms with van der Waals surface area (Å²) < 4.78 is 43.4. The van der Waals surface area contributed by atoms with E-state index in [4.69, 9.17) is 14.6 Å². The van der Waals surface area contributed by atoms with Crippen LogP contribution in [0.4, 0.5) is 11.4 Å². The van der Waals surface area contributed by atoms with Crippen LogP contribution in [-0.4, -0.2) is 49.2 Å². The SMILES string of the molecule is Cc1c(S(=O)(=O)O)cc2cc(NCOc3ccc(NCOCCC(=O)O)cc3)ccc2c1O. The molecule has 11 heteroatoms. The minimum atomic E-state index is -4.47. The lowest BCUT2D eigenvalue weighted by molar-refractivity contribution is -0.138. The summed E-state index contributed by atoms with van der Waals surface area (Å²) >= 11 is 0. The Morgan fingerprint density at radius 2 is 1.67 bits per heavy atom. The Morgan fingerprint density at radius 3 is 2.33 bits per heavy atom. The highest BCUT2D eigenvalue weighted by atomic mass is 32.2. The summed E-state index contributed by atoms with van der Waals surface area (Å²) in [5.74, 6) is -0.517. The average Bonchev–Trinajstić information content (AvgIpc) is 2.76. The number of fused-ring (bicyclic) bond motifs is 1. The van der Waals surface area contributed by atoms with E-state index < -0.39 is 16.1 Å². The van der Waals surface area contributed by atoms with Crippen LogP contribution in [0.15, 0.2) is 53.4 Å². The molecule has 0 aliphatic carbocycles. The van der Waals surface area contributed by atoms with E-state index in [1.54, 1.807) is 42.5 Å². The summed E-state index contributed by atoms with van der Waals surface area (Å²) in [6.45, 7) is 1.86. The summed E-state index contributed by atoms with van der Waals surface area (Å²) in [5, 5.41) is 25.8. The molecule has 33 heavy (non-hydrogen) atoms. The second-order valence-electron chi connectivity index (χ2n) is 7.12. The molecule has 0 saturated heterocycles. The molecule has 0 bridgehead atoms. The summed E-state index contributed by atoms with van der Waals surface area (Å²) in [6, 6.07) is 13.4. The van der Waals surface area contributed by atoms with E-state index in [0.717, 1.165) is 5.69 Å². The van der Waals surface area contributed by atoms with Gasteiger partial charge >= 0.3 is 5.97 Å². The first-order valence-electron chi connectivity index (χ1n) is 9.89. The van der Waals surface area contributed by atoms with Crippen LogP contribution in [0.3, 0.4) is 0 Å². The molecule has 3 rings (SSSR count). The molecule has 0 unspecified atom stereocenters. The van der Waals surface area contributed by atoms with Crippen LogP contribution < -0.4 is 15.4 Å². The zero-order valence-electron chi connectivity index (χ0n) is 17.7. The van der Waals surface area contributed by atoms with Crippen LogP contribution in [0.5, 0.6) is 11.5 Å². The number of aliphatic carboxylic acids is 1. The fourth-order valence-corrected chi connectivity index (χ4v) is 3.84. The highest BCUT2D eigenvalue weighted by Crippen LogP contribution is 2.34. The van der Waals surface area contributed by atoms with E-state index in [0.29, 0.717) is 22.2 Å². The number of hydrogen-bond donors (Lipinski definition) is 5. The molecule has 0 radical (unpaired) electrons. The molecule has 0 aromatic heterocycles. The number of nitrogens with one attached hydrogen (secondary N) is 2. The zero-order valence-corrected chi connectivity index (χ0v) is 18.6. The van der Waals surface area contributed by atoms with Gasteiger partial charge < -0.3 is 30.3 Å². The van der Waals surface area contributed by atoms with Gasteiger partial charge in [-0.1, -0.05) is 0 Å². The Hall–Kier alpha value is -3.54. The number of ether oxygens (including phenoxy) is 2. The fraction of sp³-hybridized carbons (Fsp3) is 0.227. The largest absolute Gasteiger partial charge is 0.507 e. The molecule has 0 aliphatic heterocycles. The minimum Gasteiger partial charge on any atom is -0.507 e. The monoisotopic (exact) mass is 476 g/mol. The minimum absolute atomic E-state index is 0.0544. The fourth-order valence-electron chi connectivity index (χ4n) is 3.08. The topological polar surface area (TPSA) is 154 Å². The van der Waals surface area contributed by atoms with Crippen molar-refractivity contribution < 1.29 is 37.5 Å². The van der Waals surface area contributed by atoms with Crippen molar-refractivity contribution in [3.8, 4) is 11.5 Å². The molecule has 3 aromatic carbocycles. The maximum atomic E-state index is 11.6. The Balaban J connectivity index is 1.56. The molecule has 176 valence electrons. The molecule has 3 aromatic rings. The Morgan fingerprint density at radius 1 is 1.00 bits per heavy atom. The normalized spacial score (nSPS) is 11.3. The maximum absolute atomic E-state index is 11.6. The molecule has 0 spiro atoms. The third-order valence-corrected chi connectivity index (χ3v) is 5.78. The lowest BCUT2D eigenvalue weighted by Gasteiger charge is -2.13. The van der Waals surface area contributed by atoms with Gasteiger partial charge in [0.15, 0.2) is 6.73 Å². The van der Waals surface area contributed by atoms with Gasteiger partial charge in [0.2, 0.25) is 0 Å². The number of anilines is 2. The predicted molar refractivity (Wildman–Crippen MR) is 122 cm³/mol. The zero-order chi connectivity index (χ0) is 24.0. The van der Waals surface area contributed by atoms with Gasteiger partial charge in [0.05, 0.1) is 13.0 Å². The molecular weight excluding hydrogens is 452 g/mol. The van der Waals surface area contributed by atoms with Crippen molar-refractivity contribution in [1.82, 2.24) is 0 Å². The number of aromatic hydroxyl groups is 1. The number of phenols is 1. The number of benzene rings is 3. The van der Waals surface area contributed by atoms with Crippen LogP contribution in [0.25, 0.3) is 10.8 Å². The van der Waals surface area contributed by atoms with E-state index in [1.165, 1.54) is 13.0 Å². The van der Waals surface area contributed by atoms with Gasteiger partial charge in [0, 0.05) is 22.3 Å². The van der Waals surface area contributed by atoms with Crippen molar-refractivity contribution in [2.24, 2.45) is 0 Å². The van der Waals surface area contributed by atoms with E-state index in [1.807, 2.05) is 0 Å². The number of rotatable bonds is 11. The van der Waals surface area contributed by atoms with Crippen molar-refractivity contribution in [2.45, 2.75) is 18.2 Å². The quantitative estimate of drug-likeness (QED) is 0.158. The molecule has 0 fully saturated rings. The van der Waals surface area contributed by atoms with Gasteiger partial charge in [-0.2, -0.15) is 8.42 Å². The second-order valence-corrected chi connectivity index (χ2v) is 8.51. The first kappa shape index (κ1) is 24.1. The highest BCUT2D eigenvalue weighted by molar-refractivity contribution is 7.85. The Labute approximate surface area is 190 Å². The smallest absolute Gasteiger partial charge is 0.305 e. The van der Waals surface area contributed by atoms with Gasteiger partial charge in [-0.05, 0) is 60.8 Å². The van der Waals surface area contributed by atoms with Crippen LogP contribution in [0, 0.1) is 6.92 Å². The lowest BCUT2D eigenvalue weighted by Crippen LogP contribution is -2.10. The van der Waals surface area contributed by atoms with Crippen LogP contribution in [0.2, 0.25) is 0 Å². The van der Waals surface area contributed by atoms with Crippen molar-refractivity contribution in [1.29, 1.82) is 0 Å². The highest BCUT2D eigenvalue weighted by Gasteiger charge is 2.18. The summed E-state index contributed by atoms with van der Waals surface area (Å²) in [5.41, 5.74) is 1.49. The van der Waals surface area contributed by atoms with E-state index in [9.17, 15) is 22.9 Å². The van der Waals surface area contributed by atoms with E-state index in [-0.39, 0.29) is 42.7 Å². The number of hydrogen-bond acceptors (Lipinski definition) is 8. The van der Waals surface area contributed by atoms with Crippen molar-refractivity contribution in [3.63, 3.8) is 0 Å². The van der Waals surface area contributed by atoms with Gasteiger partial charge in [0.1, 0.15) is 23.1 Å². The predicted octanol–water partition coefficient (Wildman–Crippen LogP) is 3.41. The summed E-state index contributed by atoms with van der Waals surface area (Å²) in [4.78, 5) is 10.1. The third-order valence-electron chi connectivity index (χ3n) is 4.80. The molecule has 0 aliphatic rings. The number of carboxylic acid groups (broad SMARTS) is 1. The number of carboxylic acids is 1. The van der Waals surface area contributed by atoms with Gasteiger partial charge in [-0.3, -0.25) is 9.35 Å². The van der Waals surface area contributed by atoms with Crippen LogP contribution in [-0.2, 0) is 19.6 Å².